The molecule has 4 aliphatic rings. The van der Waals surface area contributed by atoms with Crippen molar-refractivity contribution in [2.45, 2.75) is 64.9 Å². The molecular formula is C19H26O3. The fourth-order valence-corrected chi connectivity index (χ4v) is 6.16. The highest BCUT2D eigenvalue weighted by molar-refractivity contribution is 5.96. The molecule has 3 nitrogen and oxygen atoms in total. The SMILES string of the molecule is C[C@]12CC[C@H](O)CC1=CC(=O)[C@H]1[C@H]2CC[C@@]2(C)C(=O)CC[C@@H]12. The van der Waals surface area contributed by atoms with E-state index in [1.165, 1.54) is 5.57 Å². The summed E-state index contributed by atoms with van der Waals surface area (Å²) in [5, 5.41) is 9.97. The second-order valence-electron chi connectivity index (χ2n) is 8.54. The molecule has 0 aromatic carbocycles. The minimum absolute atomic E-state index is 0.0363. The van der Waals surface area contributed by atoms with Gasteiger partial charge in [0.15, 0.2) is 5.78 Å². The molecule has 1 N–H and O–H groups in total. The summed E-state index contributed by atoms with van der Waals surface area (Å²) >= 11 is 0. The van der Waals surface area contributed by atoms with Crippen LogP contribution in [0.2, 0.25) is 0 Å². The molecule has 120 valence electrons. The van der Waals surface area contributed by atoms with Gasteiger partial charge in [0, 0.05) is 17.8 Å². The van der Waals surface area contributed by atoms with Gasteiger partial charge < -0.3 is 5.11 Å². The van der Waals surface area contributed by atoms with Gasteiger partial charge in [-0.3, -0.25) is 9.59 Å². The van der Waals surface area contributed by atoms with Crippen LogP contribution in [-0.4, -0.2) is 22.8 Å². The second kappa shape index (κ2) is 4.53. The van der Waals surface area contributed by atoms with Crippen molar-refractivity contribution >= 4 is 11.6 Å². The lowest BCUT2D eigenvalue weighted by atomic mass is 9.48. The molecule has 0 saturated heterocycles. The molecule has 3 fully saturated rings. The van der Waals surface area contributed by atoms with E-state index in [1.807, 2.05) is 6.08 Å². The average molecular weight is 302 g/mol. The summed E-state index contributed by atoms with van der Waals surface area (Å²) in [7, 11) is 0. The highest BCUT2D eigenvalue weighted by atomic mass is 16.3. The normalized spacial score (nSPS) is 51.0. The van der Waals surface area contributed by atoms with Crippen molar-refractivity contribution in [2.75, 3.05) is 0 Å². The molecule has 0 heterocycles. The Labute approximate surface area is 132 Å². The third-order valence-electron chi connectivity index (χ3n) is 7.63. The van der Waals surface area contributed by atoms with Crippen LogP contribution in [0.1, 0.15) is 58.8 Å². The van der Waals surface area contributed by atoms with E-state index in [-0.39, 0.29) is 34.6 Å². The van der Waals surface area contributed by atoms with Gasteiger partial charge in [-0.25, -0.2) is 0 Å². The molecule has 0 aromatic rings. The maximum absolute atomic E-state index is 12.9. The Kier molecular flexibility index (Phi) is 3.01. The van der Waals surface area contributed by atoms with Crippen LogP contribution < -0.4 is 0 Å². The predicted molar refractivity (Wildman–Crippen MR) is 83.1 cm³/mol. The molecule has 3 heteroatoms. The van der Waals surface area contributed by atoms with Gasteiger partial charge in [-0.2, -0.15) is 0 Å². The number of hydrogen-bond donors (Lipinski definition) is 1. The van der Waals surface area contributed by atoms with Crippen LogP contribution in [0.25, 0.3) is 0 Å². The first kappa shape index (κ1) is 14.6. The molecule has 0 bridgehead atoms. The first-order chi connectivity index (χ1) is 10.4. The van der Waals surface area contributed by atoms with E-state index in [1.54, 1.807) is 0 Å². The van der Waals surface area contributed by atoms with Crippen molar-refractivity contribution in [2.24, 2.45) is 28.6 Å². The Morgan fingerprint density at radius 1 is 1.05 bits per heavy atom. The van der Waals surface area contributed by atoms with Gasteiger partial charge in [-0.15, -0.1) is 0 Å². The molecule has 3 saturated carbocycles. The minimum atomic E-state index is -0.286. The van der Waals surface area contributed by atoms with E-state index < -0.39 is 0 Å². The fourth-order valence-electron chi connectivity index (χ4n) is 6.16. The van der Waals surface area contributed by atoms with Gasteiger partial charge >= 0.3 is 0 Å². The first-order valence-corrected chi connectivity index (χ1v) is 8.82. The Bertz CT molecular complexity index is 577. The van der Waals surface area contributed by atoms with Crippen LogP contribution in [0.15, 0.2) is 11.6 Å². The summed E-state index contributed by atoms with van der Waals surface area (Å²) in [6, 6.07) is 0. The number of rotatable bonds is 0. The van der Waals surface area contributed by atoms with Crippen molar-refractivity contribution in [3.8, 4) is 0 Å². The number of ketones is 2. The highest BCUT2D eigenvalue weighted by Crippen LogP contribution is 2.63. The van der Waals surface area contributed by atoms with Crippen molar-refractivity contribution in [3.05, 3.63) is 11.6 Å². The smallest absolute Gasteiger partial charge is 0.159 e. The topological polar surface area (TPSA) is 54.4 Å². The van der Waals surface area contributed by atoms with Crippen LogP contribution in [0.5, 0.6) is 0 Å². The van der Waals surface area contributed by atoms with Crippen LogP contribution in [-0.2, 0) is 9.59 Å². The quantitative estimate of drug-likeness (QED) is 0.748. The van der Waals surface area contributed by atoms with Gasteiger partial charge in [-0.1, -0.05) is 19.4 Å². The minimum Gasteiger partial charge on any atom is -0.393 e. The van der Waals surface area contributed by atoms with E-state index >= 15 is 0 Å². The highest BCUT2D eigenvalue weighted by Gasteiger charge is 2.60. The van der Waals surface area contributed by atoms with Crippen LogP contribution in [0.3, 0.4) is 0 Å². The first-order valence-electron chi connectivity index (χ1n) is 8.82. The summed E-state index contributed by atoms with van der Waals surface area (Å²) in [4.78, 5) is 25.2. The van der Waals surface area contributed by atoms with E-state index in [0.29, 0.717) is 24.5 Å². The molecule has 6 atom stereocenters. The third-order valence-corrected chi connectivity index (χ3v) is 7.63. The lowest BCUT2D eigenvalue weighted by molar-refractivity contribution is -0.139. The van der Waals surface area contributed by atoms with Gasteiger partial charge in [-0.05, 0) is 61.9 Å². The largest absolute Gasteiger partial charge is 0.393 e. The van der Waals surface area contributed by atoms with E-state index in [4.69, 9.17) is 0 Å². The van der Waals surface area contributed by atoms with Crippen molar-refractivity contribution < 1.29 is 14.7 Å². The third kappa shape index (κ3) is 1.72. The Morgan fingerprint density at radius 3 is 2.50 bits per heavy atom. The van der Waals surface area contributed by atoms with Gasteiger partial charge in [0.25, 0.3) is 0 Å². The standard InChI is InChI=1S/C19H26O3/c1-18-7-5-12(20)9-11(18)10-15(21)17-13-3-4-16(22)19(13,2)8-6-14(17)18/h10,12-14,17,20H,3-9H2,1-2H3/t12-,13-,14+,17+,18-,19+/m0/s1. The Balaban J connectivity index is 1.76. The summed E-state index contributed by atoms with van der Waals surface area (Å²) in [5.74, 6) is 1.26. The maximum Gasteiger partial charge on any atom is 0.159 e. The molecular weight excluding hydrogens is 276 g/mol. The summed E-state index contributed by atoms with van der Waals surface area (Å²) in [5.41, 5.74) is 0.975. The average Bonchev–Trinajstić information content (AvgIpc) is 2.77. The Morgan fingerprint density at radius 2 is 1.73 bits per heavy atom. The zero-order valence-corrected chi connectivity index (χ0v) is 13.6. The van der Waals surface area contributed by atoms with Crippen molar-refractivity contribution in [1.29, 1.82) is 0 Å². The van der Waals surface area contributed by atoms with Gasteiger partial charge in [0.1, 0.15) is 5.78 Å². The van der Waals surface area contributed by atoms with E-state index in [9.17, 15) is 14.7 Å². The number of carbonyl (C=O) groups is 2. The summed E-state index contributed by atoms with van der Waals surface area (Å²) < 4.78 is 0. The molecule has 0 unspecified atom stereocenters. The maximum atomic E-state index is 12.9. The lowest BCUT2D eigenvalue weighted by Gasteiger charge is -2.55. The molecule has 22 heavy (non-hydrogen) atoms. The molecule has 0 aliphatic heterocycles. The predicted octanol–water partition coefficient (Wildman–Crippen LogP) is 3.06. The van der Waals surface area contributed by atoms with E-state index in [0.717, 1.165) is 32.1 Å². The molecule has 4 rings (SSSR count). The summed E-state index contributed by atoms with van der Waals surface area (Å²) in [6.45, 7) is 4.40. The van der Waals surface area contributed by atoms with Gasteiger partial charge in [0.05, 0.1) is 6.10 Å². The number of carbonyl (C=O) groups excluding carboxylic acids is 2. The number of fused-ring (bicyclic) bond motifs is 5. The molecule has 0 radical (unpaired) electrons. The Hall–Kier alpha value is -0.960. The summed E-state index contributed by atoms with van der Waals surface area (Å²) in [6.07, 6.45) is 7.51. The van der Waals surface area contributed by atoms with Gasteiger partial charge in [0.2, 0.25) is 0 Å². The van der Waals surface area contributed by atoms with Crippen LogP contribution >= 0.6 is 0 Å². The zero-order chi connectivity index (χ0) is 15.7. The van der Waals surface area contributed by atoms with Crippen LogP contribution in [0.4, 0.5) is 0 Å². The monoisotopic (exact) mass is 302 g/mol. The number of allylic oxidation sites excluding steroid dienone is 1. The van der Waals surface area contributed by atoms with Crippen molar-refractivity contribution in [3.63, 3.8) is 0 Å². The number of aliphatic hydroxyl groups is 1. The number of hydrogen-bond acceptors (Lipinski definition) is 3. The number of Topliss-reactive ketones (excluding diaryl/α,β-unsaturated/α-hetero) is 1. The second-order valence-corrected chi connectivity index (χ2v) is 8.54. The molecule has 0 amide bonds. The fraction of sp³-hybridized carbons (Fsp3) is 0.789. The number of aliphatic hydroxyl groups excluding tert-OH is 1. The molecule has 0 aromatic heterocycles. The van der Waals surface area contributed by atoms with Crippen LogP contribution in [0, 0.1) is 28.6 Å². The van der Waals surface area contributed by atoms with E-state index in [2.05, 4.69) is 13.8 Å². The molecule has 4 aliphatic carbocycles. The molecule has 0 spiro atoms. The zero-order valence-electron chi connectivity index (χ0n) is 13.6. The lowest BCUT2D eigenvalue weighted by Crippen LogP contribution is -2.53. The van der Waals surface area contributed by atoms with Crippen molar-refractivity contribution in [1.82, 2.24) is 0 Å².